The first-order chi connectivity index (χ1) is 6.36. The van der Waals surface area contributed by atoms with Gasteiger partial charge in [-0.3, -0.25) is 4.90 Å². The highest BCUT2D eigenvalue weighted by Crippen LogP contribution is 2.18. The van der Waals surface area contributed by atoms with E-state index < -0.39 is 0 Å². The Kier molecular flexibility index (Phi) is 3.52. The van der Waals surface area contributed by atoms with E-state index in [1.165, 1.54) is 50.5 Å². The van der Waals surface area contributed by atoms with Gasteiger partial charge in [0.2, 0.25) is 0 Å². The van der Waals surface area contributed by atoms with Gasteiger partial charge < -0.3 is 4.90 Å². The summed E-state index contributed by atoms with van der Waals surface area (Å²) in [7, 11) is 2.24. The molecule has 2 aliphatic rings. The highest BCUT2D eigenvalue weighted by molar-refractivity contribution is 7.99. The van der Waals surface area contributed by atoms with Crippen molar-refractivity contribution in [3.05, 3.63) is 0 Å². The zero-order valence-corrected chi connectivity index (χ0v) is 9.35. The Hall–Kier alpha value is 0.270. The molecule has 2 rings (SSSR count). The van der Waals surface area contributed by atoms with E-state index in [0.29, 0.717) is 0 Å². The Labute approximate surface area is 85.7 Å². The van der Waals surface area contributed by atoms with Crippen molar-refractivity contribution in [2.24, 2.45) is 0 Å². The maximum atomic E-state index is 2.71. The molecule has 2 nitrogen and oxygen atoms in total. The molecule has 0 N–H and O–H groups in total. The largest absolute Gasteiger partial charge is 0.305 e. The molecule has 76 valence electrons. The van der Waals surface area contributed by atoms with Crippen molar-refractivity contribution in [2.45, 2.75) is 18.9 Å². The molecule has 0 aromatic heterocycles. The fraction of sp³-hybridized carbons (Fsp3) is 1.00. The monoisotopic (exact) mass is 200 g/mol. The number of hydrogen-bond acceptors (Lipinski definition) is 3. The van der Waals surface area contributed by atoms with Crippen LogP contribution in [0, 0.1) is 0 Å². The standard InChI is InChI=1S/C10H20N2S/c1-11-5-3-10(9-11)12-4-2-7-13-8-6-12/h10H,2-9H2,1H3. The lowest BCUT2D eigenvalue weighted by Crippen LogP contribution is -2.38. The highest BCUT2D eigenvalue weighted by atomic mass is 32.2. The third-order valence-electron chi connectivity index (χ3n) is 3.14. The molecule has 0 bridgehead atoms. The number of thioether (sulfide) groups is 1. The predicted molar refractivity (Wildman–Crippen MR) is 59.4 cm³/mol. The first-order valence-electron chi connectivity index (χ1n) is 5.36. The maximum Gasteiger partial charge on any atom is 0.0235 e. The van der Waals surface area contributed by atoms with Gasteiger partial charge in [-0.15, -0.1) is 0 Å². The third-order valence-corrected chi connectivity index (χ3v) is 4.19. The van der Waals surface area contributed by atoms with Crippen LogP contribution >= 0.6 is 11.8 Å². The smallest absolute Gasteiger partial charge is 0.0235 e. The summed E-state index contributed by atoms with van der Waals surface area (Å²) >= 11 is 2.12. The summed E-state index contributed by atoms with van der Waals surface area (Å²) in [6.07, 6.45) is 2.78. The fourth-order valence-corrected chi connectivity index (χ4v) is 3.24. The Morgan fingerprint density at radius 1 is 1.15 bits per heavy atom. The first-order valence-corrected chi connectivity index (χ1v) is 6.52. The fourth-order valence-electron chi connectivity index (χ4n) is 2.34. The number of likely N-dealkylation sites (N-methyl/N-ethyl adjacent to an activating group) is 1. The Morgan fingerprint density at radius 3 is 2.85 bits per heavy atom. The van der Waals surface area contributed by atoms with Crippen LogP contribution in [0.15, 0.2) is 0 Å². The molecule has 2 fully saturated rings. The molecule has 0 aromatic carbocycles. The molecule has 2 heterocycles. The van der Waals surface area contributed by atoms with Gasteiger partial charge in [0.15, 0.2) is 0 Å². The topological polar surface area (TPSA) is 6.48 Å². The molecule has 1 unspecified atom stereocenters. The van der Waals surface area contributed by atoms with Crippen LogP contribution in [0.5, 0.6) is 0 Å². The summed E-state index contributed by atoms with van der Waals surface area (Å²) in [6.45, 7) is 5.26. The van der Waals surface area contributed by atoms with E-state index in [0.717, 1.165) is 6.04 Å². The highest BCUT2D eigenvalue weighted by Gasteiger charge is 2.25. The predicted octanol–water partition coefficient (Wildman–Crippen LogP) is 1.13. The third kappa shape index (κ3) is 2.61. The molecule has 0 aromatic rings. The summed E-state index contributed by atoms with van der Waals surface area (Å²) in [6, 6.07) is 0.865. The van der Waals surface area contributed by atoms with Crippen molar-refractivity contribution in [2.75, 3.05) is 44.7 Å². The first kappa shape index (κ1) is 9.81. The normalized spacial score (nSPS) is 33.5. The summed E-state index contributed by atoms with van der Waals surface area (Å²) in [5.74, 6) is 2.72. The number of hydrogen-bond donors (Lipinski definition) is 0. The summed E-state index contributed by atoms with van der Waals surface area (Å²) < 4.78 is 0. The van der Waals surface area contributed by atoms with Crippen LogP contribution < -0.4 is 0 Å². The zero-order chi connectivity index (χ0) is 9.10. The maximum absolute atomic E-state index is 2.71. The van der Waals surface area contributed by atoms with E-state index in [2.05, 4.69) is 28.6 Å². The van der Waals surface area contributed by atoms with Gasteiger partial charge in [0.25, 0.3) is 0 Å². The van der Waals surface area contributed by atoms with Gasteiger partial charge in [-0.05, 0) is 38.7 Å². The minimum Gasteiger partial charge on any atom is -0.305 e. The second-order valence-corrected chi connectivity index (χ2v) is 5.43. The quantitative estimate of drug-likeness (QED) is 0.626. The Morgan fingerprint density at radius 2 is 2.08 bits per heavy atom. The van der Waals surface area contributed by atoms with E-state index in [4.69, 9.17) is 0 Å². The number of nitrogens with zero attached hydrogens (tertiary/aromatic N) is 2. The van der Waals surface area contributed by atoms with Crippen molar-refractivity contribution in [1.29, 1.82) is 0 Å². The Bertz CT molecular complexity index is 155. The Balaban J connectivity index is 1.84. The average Bonchev–Trinajstić information content (AvgIpc) is 2.43. The van der Waals surface area contributed by atoms with Gasteiger partial charge in [0.1, 0.15) is 0 Å². The molecule has 2 aliphatic heterocycles. The molecule has 0 saturated carbocycles. The van der Waals surface area contributed by atoms with Crippen LogP contribution in [0.1, 0.15) is 12.8 Å². The minimum atomic E-state index is 0.865. The molecule has 0 aliphatic carbocycles. The number of rotatable bonds is 1. The summed E-state index contributed by atoms with van der Waals surface area (Å²) in [5, 5.41) is 0. The lowest BCUT2D eigenvalue weighted by molar-refractivity contribution is 0.213. The van der Waals surface area contributed by atoms with Gasteiger partial charge in [-0.25, -0.2) is 0 Å². The van der Waals surface area contributed by atoms with Crippen molar-refractivity contribution in [3.63, 3.8) is 0 Å². The van der Waals surface area contributed by atoms with Crippen LogP contribution in [-0.4, -0.2) is 60.6 Å². The van der Waals surface area contributed by atoms with E-state index in [9.17, 15) is 0 Å². The van der Waals surface area contributed by atoms with Crippen LogP contribution in [0.4, 0.5) is 0 Å². The molecule has 0 amide bonds. The van der Waals surface area contributed by atoms with Crippen molar-refractivity contribution >= 4 is 11.8 Å². The second kappa shape index (κ2) is 4.67. The molecule has 2 saturated heterocycles. The zero-order valence-electron chi connectivity index (χ0n) is 8.54. The summed E-state index contributed by atoms with van der Waals surface area (Å²) in [5.41, 5.74) is 0. The van der Waals surface area contributed by atoms with Gasteiger partial charge in [0.05, 0.1) is 0 Å². The number of likely N-dealkylation sites (tertiary alicyclic amines) is 1. The molecule has 3 heteroatoms. The minimum absolute atomic E-state index is 0.865. The van der Waals surface area contributed by atoms with Crippen LogP contribution in [0.2, 0.25) is 0 Å². The van der Waals surface area contributed by atoms with Crippen LogP contribution in [-0.2, 0) is 0 Å². The molecule has 1 atom stereocenters. The molecule has 0 radical (unpaired) electrons. The SMILES string of the molecule is CN1CCC(N2CCCSCC2)C1. The van der Waals surface area contributed by atoms with Gasteiger partial charge in [0, 0.05) is 24.9 Å². The van der Waals surface area contributed by atoms with Crippen LogP contribution in [0.3, 0.4) is 0 Å². The molecule has 13 heavy (non-hydrogen) atoms. The molecular formula is C10H20N2S. The van der Waals surface area contributed by atoms with Crippen molar-refractivity contribution in [3.8, 4) is 0 Å². The van der Waals surface area contributed by atoms with E-state index in [1.54, 1.807) is 0 Å². The van der Waals surface area contributed by atoms with E-state index >= 15 is 0 Å². The lowest BCUT2D eigenvalue weighted by Gasteiger charge is -2.26. The van der Waals surface area contributed by atoms with Crippen molar-refractivity contribution < 1.29 is 0 Å². The van der Waals surface area contributed by atoms with Gasteiger partial charge >= 0.3 is 0 Å². The second-order valence-electron chi connectivity index (χ2n) is 4.21. The van der Waals surface area contributed by atoms with E-state index in [-0.39, 0.29) is 0 Å². The summed E-state index contributed by atoms with van der Waals surface area (Å²) in [4.78, 5) is 5.17. The molecule has 0 spiro atoms. The van der Waals surface area contributed by atoms with Gasteiger partial charge in [-0.2, -0.15) is 11.8 Å². The molecular weight excluding hydrogens is 180 g/mol. The van der Waals surface area contributed by atoms with Crippen LogP contribution in [0.25, 0.3) is 0 Å². The average molecular weight is 200 g/mol. The van der Waals surface area contributed by atoms with Gasteiger partial charge in [-0.1, -0.05) is 0 Å². The van der Waals surface area contributed by atoms with Crippen molar-refractivity contribution in [1.82, 2.24) is 9.80 Å². The van der Waals surface area contributed by atoms with E-state index in [1.807, 2.05) is 0 Å². The lowest BCUT2D eigenvalue weighted by atomic mass is 10.2.